The molecular weight excluding hydrogens is 295 g/mol. The van der Waals surface area contributed by atoms with Crippen LogP contribution in [0.15, 0.2) is 36.8 Å². The summed E-state index contributed by atoms with van der Waals surface area (Å²) in [5.41, 5.74) is 1.73. The van der Waals surface area contributed by atoms with Crippen molar-refractivity contribution < 1.29 is 9.50 Å². The lowest BCUT2D eigenvalue weighted by Gasteiger charge is -2.47. The van der Waals surface area contributed by atoms with Gasteiger partial charge in [0.15, 0.2) is 0 Å². The van der Waals surface area contributed by atoms with Gasteiger partial charge in [-0.25, -0.2) is 14.4 Å². The Balaban J connectivity index is 1.65. The van der Waals surface area contributed by atoms with Crippen molar-refractivity contribution in [2.45, 2.75) is 18.9 Å². The van der Waals surface area contributed by atoms with Crippen molar-refractivity contribution in [3.63, 3.8) is 0 Å². The first kappa shape index (κ1) is 14.1. The number of aromatic amines is 1. The van der Waals surface area contributed by atoms with Crippen LogP contribution in [0, 0.1) is 5.82 Å². The summed E-state index contributed by atoms with van der Waals surface area (Å²) in [5, 5.41) is 11.7. The Morgan fingerprint density at radius 1 is 1.26 bits per heavy atom. The van der Waals surface area contributed by atoms with E-state index < -0.39 is 5.60 Å². The van der Waals surface area contributed by atoms with Crippen LogP contribution in [0.5, 0.6) is 0 Å². The van der Waals surface area contributed by atoms with Gasteiger partial charge in [0.2, 0.25) is 0 Å². The highest BCUT2D eigenvalue weighted by Crippen LogP contribution is 2.37. The largest absolute Gasteiger partial charge is 0.381 e. The molecule has 3 heterocycles. The van der Waals surface area contributed by atoms with Gasteiger partial charge in [-0.1, -0.05) is 19.1 Å². The van der Waals surface area contributed by atoms with Gasteiger partial charge in [0.25, 0.3) is 0 Å². The molecule has 0 saturated carbocycles. The fourth-order valence-electron chi connectivity index (χ4n) is 3.21. The highest BCUT2D eigenvalue weighted by atomic mass is 19.1. The van der Waals surface area contributed by atoms with Crippen LogP contribution in [-0.2, 0) is 12.0 Å². The number of fused-ring (bicyclic) bond motifs is 1. The van der Waals surface area contributed by atoms with Crippen molar-refractivity contribution in [1.29, 1.82) is 0 Å². The number of aryl methyl sites for hydroxylation is 1. The van der Waals surface area contributed by atoms with E-state index in [0.29, 0.717) is 13.1 Å². The van der Waals surface area contributed by atoms with Crippen LogP contribution in [-0.4, -0.2) is 33.1 Å². The lowest BCUT2D eigenvalue weighted by molar-refractivity contribution is 0.00718. The number of halogens is 1. The molecule has 0 spiro atoms. The summed E-state index contributed by atoms with van der Waals surface area (Å²) >= 11 is 0. The number of nitrogens with zero attached hydrogens (tertiary/aromatic N) is 3. The van der Waals surface area contributed by atoms with Gasteiger partial charge < -0.3 is 15.0 Å². The molecule has 23 heavy (non-hydrogen) atoms. The van der Waals surface area contributed by atoms with E-state index in [1.165, 1.54) is 18.5 Å². The molecule has 0 amide bonds. The first-order valence-electron chi connectivity index (χ1n) is 7.65. The zero-order valence-corrected chi connectivity index (χ0v) is 12.8. The Morgan fingerprint density at radius 3 is 2.70 bits per heavy atom. The van der Waals surface area contributed by atoms with E-state index in [4.69, 9.17) is 0 Å². The summed E-state index contributed by atoms with van der Waals surface area (Å²) in [6.07, 6.45) is 4.37. The summed E-state index contributed by atoms with van der Waals surface area (Å²) in [5.74, 6) is 0.533. The molecule has 2 aromatic heterocycles. The molecule has 1 aliphatic rings. The van der Waals surface area contributed by atoms with E-state index in [2.05, 4.69) is 21.9 Å². The molecule has 4 rings (SSSR count). The molecule has 1 aromatic carbocycles. The molecule has 118 valence electrons. The third kappa shape index (κ3) is 2.17. The van der Waals surface area contributed by atoms with E-state index in [1.54, 1.807) is 12.1 Å². The van der Waals surface area contributed by atoms with E-state index in [1.807, 2.05) is 11.1 Å². The Morgan fingerprint density at radius 2 is 2.00 bits per heavy atom. The van der Waals surface area contributed by atoms with Crippen molar-refractivity contribution in [2.24, 2.45) is 0 Å². The SMILES string of the molecule is CCc1c[nH]c2ncnc(N3CC(O)(c4ccc(F)cc4)C3)c12. The minimum absolute atomic E-state index is 0.300. The normalized spacial score (nSPS) is 16.6. The van der Waals surface area contributed by atoms with Gasteiger partial charge in [-0.3, -0.25) is 0 Å². The quantitative estimate of drug-likeness (QED) is 0.779. The number of aromatic nitrogens is 3. The van der Waals surface area contributed by atoms with Crippen molar-refractivity contribution in [3.05, 3.63) is 53.7 Å². The summed E-state index contributed by atoms with van der Waals surface area (Å²) in [7, 11) is 0. The van der Waals surface area contributed by atoms with Crippen LogP contribution >= 0.6 is 0 Å². The molecule has 0 aliphatic carbocycles. The first-order chi connectivity index (χ1) is 11.1. The maximum Gasteiger partial charge on any atom is 0.143 e. The van der Waals surface area contributed by atoms with Crippen LogP contribution in [0.3, 0.4) is 0 Å². The van der Waals surface area contributed by atoms with E-state index in [0.717, 1.165) is 34.4 Å². The zero-order valence-electron chi connectivity index (χ0n) is 12.8. The van der Waals surface area contributed by atoms with Crippen LogP contribution < -0.4 is 4.90 Å². The number of rotatable bonds is 3. The number of hydrogen-bond acceptors (Lipinski definition) is 4. The number of H-pyrrole nitrogens is 1. The molecule has 0 bridgehead atoms. The zero-order chi connectivity index (χ0) is 16.0. The van der Waals surface area contributed by atoms with Crippen LogP contribution in [0.25, 0.3) is 11.0 Å². The lowest BCUT2D eigenvalue weighted by Crippen LogP contribution is -2.60. The Hall–Kier alpha value is -2.47. The molecule has 3 aromatic rings. The third-order valence-electron chi connectivity index (χ3n) is 4.50. The Bertz CT molecular complexity index is 853. The molecule has 0 unspecified atom stereocenters. The van der Waals surface area contributed by atoms with Gasteiger partial charge in [0.1, 0.15) is 29.2 Å². The lowest BCUT2D eigenvalue weighted by atomic mass is 9.86. The average molecular weight is 312 g/mol. The number of benzene rings is 1. The third-order valence-corrected chi connectivity index (χ3v) is 4.50. The predicted octanol–water partition coefficient (Wildman–Crippen LogP) is 2.37. The standard InChI is InChI=1S/C17H17FN4O/c1-2-11-7-19-15-14(11)16(21-10-20-15)22-8-17(23,9-22)12-3-5-13(18)6-4-12/h3-7,10,23H,2,8-9H2,1H3,(H,19,20,21). The Kier molecular flexibility index (Phi) is 3.09. The number of aliphatic hydroxyl groups is 1. The van der Waals surface area contributed by atoms with Gasteiger partial charge in [-0.05, 0) is 29.7 Å². The second-order valence-electron chi connectivity index (χ2n) is 5.98. The summed E-state index contributed by atoms with van der Waals surface area (Å²) in [6, 6.07) is 6.02. The van der Waals surface area contributed by atoms with E-state index in [9.17, 15) is 9.50 Å². The van der Waals surface area contributed by atoms with Gasteiger partial charge in [-0.2, -0.15) is 0 Å². The van der Waals surface area contributed by atoms with Crippen molar-refractivity contribution >= 4 is 16.9 Å². The van der Waals surface area contributed by atoms with Gasteiger partial charge in [0, 0.05) is 6.20 Å². The minimum atomic E-state index is -0.965. The summed E-state index contributed by atoms with van der Waals surface area (Å²) < 4.78 is 13.0. The number of hydrogen-bond donors (Lipinski definition) is 2. The first-order valence-corrected chi connectivity index (χ1v) is 7.65. The summed E-state index contributed by atoms with van der Waals surface area (Å²) in [4.78, 5) is 13.9. The molecule has 1 saturated heterocycles. The monoisotopic (exact) mass is 312 g/mol. The van der Waals surface area contributed by atoms with Crippen LogP contribution in [0.2, 0.25) is 0 Å². The predicted molar refractivity (Wildman–Crippen MR) is 85.8 cm³/mol. The minimum Gasteiger partial charge on any atom is -0.381 e. The smallest absolute Gasteiger partial charge is 0.143 e. The highest BCUT2D eigenvalue weighted by Gasteiger charge is 2.44. The fraction of sp³-hybridized carbons (Fsp3) is 0.294. The van der Waals surface area contributed by atoms with Crippen molar-refractivity contribution in [2.75, 3.05) is 18.0 Å². The maximum absolute atomic E-state index is 13.0. The Labute approximate surface area is 132 Å². The molecule has 0 atom stereocenters. The molecule has 5 nitrogen and oxygen atoms in total. The second-order valence-corrected chi connectivity index (χ2v) is 5.98. The van der Waals surface area contributed by atoms with Crippen LogP contribution in [0.1, 0.15) is 18.1 Å². The molecule has 2 N–H and O–H groups in total. The van der Waals surface area contributed by atoms with E-state index in [-0.39, 0.29) is 5.82 Å². The van der Waals surface area contributed by atoms with Crippen molar-refractivity contribution in [3.8, 4) is 0 Å². The fourth-order valence-corrected chi connectivity index (χ4v) is 3.21. The van der Waals surface area contributed by atoms with E-state index >= 15 is 0 Å². The summed E-state index contributed by atoms with van der Waals surface area (Å²) in [6.45, 7) is 2.95. The number of β-amino-alcohol motifs (C(OH)–C–C–N with tert-alkyl or cyclic N) is 1. The van der Waals surface area contributed by atoms with Crippen molar-refractivity contribution in [1.82, 2.24) is 15.0 Å². The highest BCUT2D eigenvalue weighted by molar-refractivity contribution is 5.91. The molecule has 0 radical (unpaired) electrons. The average Bonchev–Trinajstić information content (AvgIpc) is 2.96. The molecule has 6 heteroatoms. The topological polar surface area (TPSA) is 65.0 Å². The molecular formula is C17H17FN4O. The van der Waals surface area contributed by atoms with Gasteiger partial charge in [0.05, 0.1) is 18.5 Å². The van der Waals surface area contributed by atoms with Gasteiger partial charge in [-0.15, -0.1) is 0 Å². The number of nitrogens with one attached hydrogen (secondary N) is 1. The second kappa shape index (κ2) is 5.03. The number of anilines is 1. The maximum atomic E-state index is 13.0. The van der Waals surface area contributed by atoms with Crippen LogP contribution in [0.4, 0.5) is 10.2 Å². The molecule has 1 fully saturated rings. The van der Waals surface area contributed by atoms with Gasteiger partial charge >= 0.3 is 0 Å². The molecule has 1 aliphatic heterocycles.